The Balaban J connectivity index is 1.33. The number of hydrogen-bond donors (Lipinski definition) is 2. The van der Waals surface area contributed by atoms with E-state index in [-0.39, 0.29) is 24.7 Å². The zero-order chi connectivity index (χ0) is 31.6. The molecule has 5 rings (SSSR count). The molecule has 45 heavy (non-hydrogen) atoms. The molecule has 2 aliphatic heterocycles. The zero-order valence-electron chi connectivity index (χ0n) is 26.5. The third kappa shape index (κ3) is 9.47. The lowest BCUT2D eigenvalue weighted by Crippen LogP contribution is -2.40. The van der Waals surface area contributed by atoms with Crippen molar-refractivity contribution in [3.05, 3.63) is 95.1 Å². The third-order valence-corrected chi connectivity index (χ3v) is 8.62. The zero-order valence-corrected chi connectivity index (χ0v) is 26.5. The van der Waals surface area contributed by atoms with Crippen molar-refractivity contribution in [2.24, 2.45) is 0 Å². The van der Waals surface area contributed by atoms with Gasteiger partial charge in [0.15, 0.2) is 12.4 Å². The van der Waals surface area contributed by atoms with E-state index < -0.39 is 18.4 Å². The molecule has 0 radical (unpaired) electrons. The van der Waals surface area contributed by atoms with Crippen molar-refractivity contribution < 1.29 is 28.9 Å². The lowest BCUT2D eigenvalue weighted by atomic mass is 9.98. The molecule has 2 saturated heterocycles. The maximum Gasteiger partial charge on any atom is 0.303 e. The van der Waals surface area contributed by atoms with Crippen molar-refractivity contribution in [2.45, 2.75) is 90.1 Å². The summed E-state index contributed by atoms with van der Waals surface area (Å²) in [4.78, 5) is 26.1. The minimum absolute atomic E-state index is 0.0168. The standard InChI is InChI=1S/C37H46N2O6/c1-26(43-27(2)41)36(42)38-23-29-10-8-11-31(20-29)32-12-9-13-33(21-32)37-44-34(24-39-18-6-4-3-5-7-19-39)22-35(45-37)30-16-14-28(25-40)15-17-30/h8-17,20-21,26,34-35,37,40H,3-7,18-19,22-25H2,1-2H3,(H,38,42). The Kier molecular flexibility index (Phi) is 11.8. The summed E-state index contributed by atoms with van der Waals surface area (Å²) in [5.41, 5.74) is 5.90. The fourth-order valence-corrected chi connectivity index (χ4v) is 6.18. The van der Waals surface area contributed by atoms with E-state index >= 15 is 0 Å². The van der Waals surface area contributed by atoms with Gasteiger partial charge in [-0.15, -0.1) is 0 Å². The van der Waals surface area contributed by atoms with E-state index in [9.17, 15) is 14.7 Å². The number of rotatable bonds is 10. The fraction of sp³-hybridized carbons (Fsp3) is 0.459. The number of aliphatic hydroxyl groups excluding tert-OH is 1. The third-order valence-electron chi connectivity index (χ3n) is 8.62. The predicted octanol–water partition coefficient (Wildman–Crippen LogP) is 6.23. The van der Waals surface area contributed by atoms with Gasteiger partial charge in [0, 0.05) is 32.0 Å². The first kappa shape index (κ1) is 32.8. The first-order chi connectivity index (χ1) is 21.9. The van der Waals surface area contributed by atoms with Crippen LogP contribution in [-0.4, -0.2) is 53.7 Å². The second-order valence-electron chi connectivity index (χ2n) is 12.2. The number of nitrogens with zero attached hydrogens (tertiary/aromatic N) is 1. The highest BCUT2D eigenvalue weighted by Gasteiger charge is 2.33. The van der Waals surface area contributed by atoms with Crippen LogP contribution >= 0.6 is 0 Å². The van der Waals surface area contributed by atoms with Crippen LogP contribution in [-0.2, 0) is 37.0 Å². The van der Waals surface area contributed by atoms with Crippen LogP contribution in [0.2, 0.25) is 0 Å². The van der Waals surface area contributed by atoms with E-state index in [4.69, 9.17) is 14.2 Å². The van der Waals surface area contributed by atoms with Crippen LogP contribution in [0.5, 0.6) is 0 Å². The molecule has 0 aromatic heterocycles. The molecule has 8 heteroatoms. The smallest absolute Gasteiger partial charge is 0.303 e. The molecule has 240 valence electrons. The number of aliphatic hydroxyl groups is 1. The summed E-state index contributed by atoms with van der Waals surface area (Å²) in [6.45, 7) is 6.28. The van der Waals surface area contributed by atoms with Crippen molar-refractivity contribution in [2.75, 3.05) is 19.6 Å². The average Bonchev–Trinajstić information content (AvgIpc) is 3.04. The van der Waals surface area contributed by atoms with Gasteiger partial charge in [-0.2, -0.15) is 0 Å². The normalized spacial score (nSPS) is 21.7. The molecule has 2 N–H and O–H groups in total. The van der Waals surface area contributed by atoms with Gasteiger partial charge in [-0.05, 0) is 72.8 Å². The number of carbonyl (C=O) groups is 2. The lowest BCUT2D eigenvalue weighted by molar-refractivity contribution is -0.253. The Hall–Kier alpha value is -3.56. The molecule has 2 heterocycles. The van der Waals surface area contributed by atoms with Gasteiger partial charge in [0.05, 0.1) is 18.8 Å². The Bertz CT molecular complexity index is 1400. The number of ether oxygens (including phenoxy) is 3. The van der Waals surface area contributed by atoms with E-state index in [0.717, 1.165) is 59.4 Å². The van der Waals surface area contributed by atoms with Gasteiger partial charge >= 0.3 is 5.97 Å². The van der Waals surface area contributed by atoms with Crippen LogP contribution in [0.4, 0.5) is 0 Å². The summed E-state index contributed by atoms with van der Waals surface area (Å²) >= 11 is 0. The van der Waals surface area contributed by atoms with E-state index in [1.807, 2.05) is 36.4 Å². The molecule has 0 saturated carbocycles. The minimum atomic E-state index is -0.845. The van der Waals surface area contributed by atoms with E-state index in [1.54, 1.807) is 6.92 Å². The van der Waals surface area contributed by atoms with E-state index in [2.05, 4.69) is 46.6 Å². The van der Waals surface area contributed by atoms with E-state index in [1.165, 1.54) is 39.0 Å². The molecule has 3 aromatic carbocycles. The molecule has 0 spiro atoms. The number of esters is 1. The summed E-state index contributed by atoms with van der Waals surface area (Å²) in [5, 5.41) is 12.4. The first-order valence-electron chi connectivity index (χ1n) is 16.2. The number of amides is 1. The summed E-state index contributed by atoms with van der Waals surface area (Å²) in [6.07, 6.45) is 5.69. The Morgan fingerprint density at radius 3 is 2.29 bits per heavy atom. The van der Waals surface area contributed by atoms with Gasteiger partial charge in [-0.1, -0.05) is 79.9 Å². The van der Waals surface area contributed by atoms with Crippen molar-refractivity contribution in [3.63, 3.8) is 0 Å². The number of benzene rings is 3. The molecule has 2 fully saturated rings. The molecule has 8 nitrogen and oxygen atoms in total. The van der Waals surface area contributed by atoms with Gasteiger partial charge in [0.2, 0.25) is 0 Å². The highest BCUT2D eigenvalue weighted by atomic mass is 16.7. The molecule has 4 unspecified atom stereocenters. The molecule has 4 atom stereocenters. The topological polar surface area (TPSA) is 97.3 Å². The van der Waals surface area contributed by atoms with Crippen LogP contribution < -0.4 is 5.32 Å². The summed E-state index contributed by atoms with van der Waals surface area (Å²) in [5.74, 6) is -0.824. The number of carbonyl (C=O) groups excluding carboxylic acids is 2. The largest absolute Gasteiger partial charge is 0.453 e. The molecule has 1 amide bonds. The lowest BCUT2D eigenvalue weighted by Gasteiger charge is -2.39. The maximum atomic E-state index is 12.3. The Morgan fingerprint density at radius 2 is 1.58 bits per heavy atom. The highest BCUT2D eigenvalue weighted by Crippen LogP contribution is 2.39. The van der Waals surface area contributed by atoms with Gasteiger partial charge < -0.3 is 29.5 Å². The van der Waals surface area contributed by atoms with Crippen molar-refractivity contribution in [1.82, 2.24) is 10.2 Å². The molecular weight excluding hydrogens is 568 g/mol. The molecule has 3 aromatic rings. The number of likely N-dealkylation sites (tertiary alicyclic amines) is 1. The molecule has 2 aliphatic rings. The average molecular weight is 615 g/mol. The quantitative estimate of drug-likeness (QED) is 0.262. The Labute approximate surface area is 266 Å². The summed E-state index contributed by atoms with van der Waals surface area (Å²) in [7, 11) is 0. The van der Waals surface area contributed by atoms with Gasteiger partial charge in [0.25, 0.3) is 5.91 Å². The van der Waals surface area contributed by atoms with Crippen molar-refractivity contribution in [3.8, 4) is 11.1 Å². The molecule has 0 bridgehead atoms. The van der Waals surface area contributed by atoms with Crippen LogP contribution in [0.3, 0.4) is 0 Å². The van der Waals surface area contributed by atoms with Gasteiger partial charge in [-0.3, -0.25) is 9.59 Å². The monoisotopic (exact) mass is 614 g/mol. The van der Waals surface area contributed by atoms with Crippen LogP contribution in [0, 0.1) is 0 Å². The van der Waals surface area contributed by atoms with Crippen LogP contribution in [0.25, 0.3) is 11.1 Å². The number of nitrogens with one attached hydrogen (secondary N) is 1. The Morgan fingerprint density at radius 1 is 0.889 bits per heavy atom. The molecule has 0 aliphatic carbocycles. The SMILES string of the molecule is CC(=O)OC(C)C(=O)NCc1cccc(-c2cccc(C3OC(CN4CCCCCCC4)CC(c4ccc(CO)cc4)O3)c2)c1. The predicted molar refractivity (Wildman–Crippen MR) is 173 cm³/mol. The summed E-state index contributed by atoms with van der Waals surface area (Å²) < 4.78 is 18.3. The fourth-order valence-electron chi connectivity index (χ4n) is 6.18. The first-order valence-corrected chi connectivity index (χ1v) is 16.2. The van der Waals surface area contributed by atoms with Crippen LogP contribution in [0.1, 0.15) is 87.0 Å². The molecular formula is C37H46N2O6. The second kappa shape index (κ2) is 16.1. The number of hydrogen-bond acceptors (Lipinski definition) is 7. The van der Waals surface area contributed by atoms with Crippen molar-refractivity contribution in [1.29, 1.82) is 0 Å². The van der Waals surface area contributed by atoms with Crippen LogP contribution in [0.15, 0.2) is 72.8 Å². The van der Waals surface area contributed by atoms with Gasteiger partial charge in [-0.25, -0.2) is 0 Å². The van der Waals surface area contributed by atoms with E-state index in [0.29, 0.717) is 6.54 Å². The summed E-state index contributed by atoms with van der Waals surface area (Å²) in [6, 6.07) is 24.3. The highest BCUT2D eigenvalue weighted by molar-refractivity contribution is 5.82. The second-order valence-corrected chi connectivity index (χ2v) is 12.2. The maximum absolute atomic E-state index is 12.3. The minimum Gasteiger partial charge on any atom is -0.453 e. The van der Waals surface area contributed by atoms with Gasteiger partial charge in [0.1, 0.15) is 0 Å². The van der Waals surface area contributed by atoms with Crippen molar-refractivity contribution >= 4 is 11.9 Å².